The van der Waals surface area contributed by atoms with Crippen molar-refractivity contribution in [1.29, 1.82) is 0 Å². The number of hydrogen-bond donors (Lipinski definition) is 1. The van der Waals surface area contributed by atoms with Crippen LogP contribution in [0.25, 0.3) is 0 Å². The Balaban J connectivity index is 3.21. The van der Waals surface area contributed by atoms with E-state index < -0.39 is 17.0 Å². The summed E-state index contributed by atoms with van der Waals surface area (Å²) in [7, 11) is 2.90. The lowest BCUT2D eigenvalue weighted by atomic mass is 9.56. The Hall–Kier alpha value is -1.05. The average molecular weight is 268 g/mol. The lowest BCUT2D eigenvalue weighted by molar-refractivity contribution is -0.181. The summed E-state index contributed by atoms with van der Waals surface area (Å²) in [5.41, 5.74) is -2.37. The SMILES string of the molecule is COCC#CC1(O)CC[C@H](C)[C@@H](C)[C@@]1(C)C(=O)OC. The van der Waals surface area contributed by atoms with Crippen LogP contribution in [0.5, 0.6) is 0 Å². The quantitative estimate of drug-likeness (QED) is 0.610. The van der Waals surface area contributed by atoms with E-state index in [0.29, 0.717) is 12.3 Å². The van der Waals surface area contributed by atoms with Gasteiger partial charge >= 0.3 is 5.97 Å². The first-order valence-corrected chi connectivity index (χ1v) is 6.63. The smallest absolute Gasteiger partial charge is 0.315 e. The minimum absolute atomic E-state index is 0.00413. The Morgan fingerprint density at radius 2 is 2.05 bits per heavy atom. The van der Waals surface area contributed by atoms with Gasteiger partial charge in [-0.25, -0.2) is 0 Å². The maximum atomic E-state index is 12.2. The topological polar surface area (TPSA) is 55.8 Å². The van der Waals surface area contributed by atoms with Gasteiger partial charge in [-0.05, 0) is 31.6 Å². The molecule has 4 atom stereocenters. The van der Waals surface area contributed by atoms with Crippen molar-refractivity contribution in [2.45, 2.75) is 39.2 Å². The molecule has 1 aliphatic carbocycles. The van der Waals surface area contributed by atoms with E-state index in [2.05, 4.69) is 18.8 Å². The van der Waals surface area contributed by atoms with Crippen LogP contribution in [-0.4, -0.2) is 37.5 Å². The van der Waals surface area contributed by atoms with Gasteiger partial charge in [0.15, 0.2) is 0 Å². The molecule has 0 heterocycles. The Bertz CT molecular complexity index is 395. The second-order valence-electron chi connectivity index (χ2n) is 5.59. The second kappa shape index (κ2) is 5.94. The number of aliphatic hydroxyl groups is 1. The number of ether oxygens (including phenoxy) is 2. The Kier molecular flexibility index (Phi) is 5.00. The largest absolute Gasteiger partial charge is 0.468 e. The Morgan fingerprint density at radius 1 is 1.42 bits per heavy atom. The first-order valence-electron chi connectivity index (χ1n) is 6.63. The molecule has 0 amide bonds. The molecule has 1 fully saturated rings. The summed E-state index contributed by atoms with van der Waals surface area (Å²) in [5.74, 6) is 5.56. The number of carbonyl (C=O) groups excluding carboxylic acids is 1. The molecule has 0 saturated heterocycles. The summed E-state index contributed by atoms with van der Waals surface area (Å²) in [6.07, 6.45) is 1.31. The fraction of sp³-hybridized carbons (Fsp3) is 0.800. The van der Waals surface area contributed by atoms with Crippen LogP contribution in [-0.2, 0) is 14.3 Å². The van der Waals surface area contributed by atoms with Crippen molar-refractivity contribution in [3.8, 4) is 11.8 Å². The minimum Gasteiger partial charge on any atom is -0.468 e. The second-order valence-corrected chi connectivity index (χ2v) is 5.59. The number of esters is 1. The van der Waals surface area contributed by atoms with E-state index >= 15 is 0 Å². The highest BCUT2D eigenvalue weighted by atomic mass is 16.5. The summed E-state index contributed by atoms with van der Waals surface area (Å²) in [6.45, 7) is 6.06. The van der Waals surface area contributed by atoms with Gasteiger partial charge in [-0.15, -0.1) is 0 Å². The number of carbonyl (C=O) groups is 1. The van der Waals surface area contributed by atoms with E-state index in [1.807, 2.05) is 6.92 Å². The summed E-state index contributed by atoms with van der Waals surface area (Å²) in [6, 6.07) is 0. The molecule has 1 rings (SSSR count). The number of methoxy groups -OCH3 is 2. The minimum atomic E-state index is -1.36. The monoisotopic (exact) mass is 268 g/mol. The maximum absolute atomic E-state index is 12.2. The van der Waals surface area contributed by atoms with E-state index in [9.17, 15) is 9.90 Å². The lowest BCUT2D eigenvalue weighted by Gasteiger charge is -2.49. The van der Waals surface area contributed by atoms with Gasteiger partial charge < -0.3 is 14.6 Å². The van der Waals surface area contributed by atoms with Crippen molar-refractivity contribution < 1.29 is 19.4 Å². The van der Waals surface area contributed by atoms with E-state index in [0.717, 1.165) is 6.42 Å². The summed E-state index contributed by atoms with van der Waals surface area (Å²) in [4.78, 5) is 12.2. The number of hydrogen-bond acceptors (Lipinski definition) is 4. The zero-order chi connectivity index (χ0) is 14.7. The van der Waals surface area contributed by atoms with E-state index in [-0.39, 0.29) is 12.5 Å². The van der Waals surface area contributed by atoms with Crippen LogP contribution < -0.4 is 0 Å². The van der Waals surface area contributed by atoms with E-state index in [4.69, 9.17) is 9.47 Å². The summed E-state index contributed by atoms with van der Waals surface area (Å²) in [5, 5.41) is 10.9. The molecule has 1 aliphatic rings. The van der Waals surface area contributed by atoms with Gasteiger partial charge in [0.25, 0.3) is 0 Å². The first kappa shape index (κ1) is 16.0. The van der Waals surface area contributed by atoms with Crippen LogP contribution in [0.3, 0.4) is 0 Å². The van der Waals surface area contributed by atoms with Gasteiger partial charge in [-0.3, -0.25) is 4.79 Å². The molecule has 0 aliphatic heterocycles. The Labute approximate surface area is 115 Å². The third-order valence-corrected chi connectivity index (χ3v) is 4.71. The average Bonchev–Trinajstić information content (AvgIpc) is 2.40. The summed E-state index contributed by atoms with van der Waals surface area (Å²) < 4.78 is 9.80. The fourth-order valence-corrected chi connectivity index (χ4v) is 2.91. The molecule has 108 valence electrons. The third-order valence-electron chi connectivity index (χ3n) is 4.71. The number of rotatable bonds is 2. The van der Waals surface area contributed by atoms with Gasteiger partial charge in [0.05, 0.1) is 7.11 Å². The molecule has 1 unspecified atom stereocenters. The Morgan fingerprint density at radius 3 is 2.58 bits per heavy atom. The predicted molar refractivity (Wildman–Crippen MR) is 72.3 cm³/mol. The van der Waals surface area contributed by atoms with Crippen LogP contribution in [0.15, 0.2) is 0 Å². The summed E-state index contributed by atoms with van der Waals surface area (Å²) >= 11 is 0. The van der Waals surface area contributed by atoms with Gasteiger partial charge in [0, 0.05) is 7.11 Å². The van der Waals surface area contributed by atoms with Crippen molar-refractivity contribution in [2.24, 2.45) is 17.3 Å². The van der Waals surface area contributed by atoms with Crippen LogP contribution >= 0.6 is 0 Å². The highest BCUT2D eigenvalue weighted by Crippen LogP contribution is 2.50. The normalized spacial score (nSPS) is 38.2. The first-order chi connectivity index (χ1) is 8.83. The fourth-order valence-electron chi connectivity index (χ4n) is 2.91. The van der Waals surface area contributed by atoms with Gasteiger partial charge in [-0.2, -0.15) is 0 Å². The van der Waals surface area contributed by atoms with Crippen LogP contribution in [0.1, 0.15) is 33.6 Å². The zero-order valence-electron chi connectivity index (χ0n) is 12.4. The standard InChI is InChI=1S/C15H24O4/c1-11-7-9-15(17,8-6-10-18-4)14(3,12(11)2)13(16)19-5/h11-12,17H,7,9-10H2,1-5H3/t11-,12+,14-,15?/m0/s1. The zero-order valence-corrected chi connectivity index (χ0v) is 12.4. The molecule has 1 N–H and O–H groups in total. The molecular weight excluding hydrogens is 244 g/mol. The van der Waals surface area contributed by atoms with Crippen LogP contribution in [0.2, 0.25) is 0 Å². The molecule has 1 saturated carbocycles. The molecule has 4 heteroatoms. The molecular formula is C15H24O4. The van der Waals surface area contributed by atoms with E-state index in [1.54, 1.807) is 14.0 Å². The maximum Gasteiger partial charge on any atom is 0.315 e. The van der Waals surface area contributed by atoms with Gasteiger partial charge in [0.1, 0.15) is 17.6 Å². The van der Waals surface area contributed by atoms with Crippen molar-refractivity contribution >= 4 is 5.97 Å². The van der Waals surface area contributed by atoms with Gasteiger partial charge in [-0.1, -0.05) is 25.7 Å². The molecule has 0 spiro atoms. The van der Waals surface area contributed by atoms with Crippen molar-refractivity contribution in [3.05, 3.63) is 0 Å². The van der Waals surface area contributed by atoms with Crippen molar-refractivity contribution in [1.82, 2.24) is 0 Å². The predicted octanol–water partition coefficient (Wildman–Crippen LogP) is 1.61. The molecule has 0 aromatic heterocycles. The van der Waals surface area contributed by atoms with Crippen LogP contribution in [0.4, 0.5) is 0 Å². The van der Waals surface area contributed by atoms with E-state index in [1.165, 1.54) is 7.11 Å². The molecule has 4 nitrogen and oxygen atoms in total. The molecule has 19 heavy (non-hydrogen) atoms. The molecule has 0 aromatic rings. The van der Waals surface area contributed by atoms with Crippen LogP contribution in [0, 0.1) is 29.1 Å². The molecule has 0 aromatic carbocycles. The van der Waals surface area contributed by atoms with Gasteiger partial charge in [0.2, 0.25) is 0 Å². The highest BCUT2D eigenvalue weighted by Gasteiger charge is 2.59. The molecule has 0 radical (unpaired) electrons. The van der Waals surface area contributed by atoms with Crippen molar-refractivity contribution in [2.75, 3.05) is 20.8 Å². The lowest BCUT2D eigenvalue weighted by Crippen LogP contribution is -2.59. The van der Waals surface area contributed by atoms with Crippen molar-refractivity contribution in [3.63, 3.8) is 0 Å². The third kappa shape index (κ3) is 2.63. The molecule has 0 bridgehead atoms. The highest BCUT2D eigenvalue weighted by molar-refractivity contribution is 5.79.